The average Bonchev–Trinajstić information content (AvgIpc) is 3.22. The molecule has 0 bridgehead atoms. The summed E-state index contributed by atoms with van der Waals surface area (Å²) >= 11 is 0. The highest BCUT2D eigenvalue weighted by Crippen LogP contribution is 2.31. The number of anilines is 2. The maximum absolute atomic E-state index is 12.8. The number of hydrogen-bond acceptors (Lipinski definition) is 3. The molecule has 2 amide bonds. The van der Waals surface area contributed by atoms with Gasteiger partial charge in [-0.2, -0.15) is 0 Å². The lowest BCUT2D eigenvalue weighted by Gasteiger charge is -2.26. The molecule has 1 aromatic carbocycles. The smallest absolute Gasteiger partial charge is 0.322 e. The van der Waals surface area contributed by atoms with E-state index in [-0.39, 0.29) is 6.03 Å². The Balaban J connectivity index is 1.70. The van der Waals surface area contributed by atoms with Gasteiger partial charge in [-0.3, -0.25) is 0 Å². The Hall–Kier alpha value is -1.75. The molecule has 1 aromatic rings. The maximum atomic E-state index is 12.8. The fraction of sp³-hybridized carbons (Fsp3) is 0.611. The summed E-state index contributed by atoms with van der Waals surface area (Å²) in [5.74, 6) is 0.482. The van der Waals surface area contributed by atoms with Crippen LogP contribution in [0.15, 0.2) is 18.2 Å². The van der Waals surface area contributed by atoms with Crippen molar-refractivity contribution in [2.75, 3.05) is 44.1 Å². The van der Waals surface area contributed by atoms with Crippen LogP contribution >= 0.6 is 0 Å². The lowest BCUT2D eigenvalue weighted by Crippen LogP contribution is -2.40. The minimum Gasteiger partial charge on any atom is -0.381 e. The van der Waals surface area contributed by atoms with E-state index in [0.717, 1.165) is 56.0 Å². The molecule has 1 atom stereocenters. The highest BCUT2D eigenvalue weighted by atomic mass is 16.5. The van der Waals surface area contributed by atoms with Gasteiger partial charge in [0.15, 0.2) is 0 Å². The minimum absolute atomic E-state index is 0.0263. The van der Waals surface area contributed by atoms with Crippen LogP contribution in [0.3, 0.4) is 0 Å². The summed E-state index contributed by atoms with van der Waals surface area (Å²) in [5, 5.41) is 3.12. The molecule has 0 spiro atoms. The number of rotatable bonds is 5. The van der Waals surface area contributed by atoms with Crippen LogP contribution < -0.4 is 10.2 Å². The number of hydrogen-bond donors (Lipinski definition) is 1. The van der Waals surface area contributed by atoms with Crippen LogP contribution in [0.4, 0.5) is 16.2 Å². The Bertz CT molecular complexity index is 563. The van der Waals surface area contributed by atoms with Crippen molar-refractivity contribution in [1.29, 1.82) is 0 Å². The second kappa shape index (κ2) is 6.79. The molecule has 5 heteroatoms. The third kappa shape index (κ3) is 3.78. The van der Waals surface area contributed by atoms with E-state index in [2.05, 4.69) is 23.2 Å². The summed E-state index contributed by atoms with van der Waals surface area (Å²) in [6, 6.07) is 6.47. The molecule has 1 N–H and O–H groups in total. The van der Waals surface area contributed by atoms with Crippen LogP contribution in [0.25, 0.3) is 0 Å². The summed E-state index contributed by atoms with van der Waals surface area (Å²) in [5.41, 5.74) is 3.13. The zero-order valence-corrected chi connectivity index (χ0v) is 14.3. The largest absolute Gasteiger partial charge is 0.381 e. The highest BCUT2D eigenvalue weighted by Gasteiger charge is 2.35. The molecule has 2 aliphatic rings. The fourth-order valence-corrected chi connectivity index (χ4v) is 3.22. The Morgan fingerprint density at radius 1 is 1.30 bits per heavy atom. The quantitative estimate of drug-likeness (QED) is 0.907. The predicted octanol–water partition coefficient (Wildman–Crippen LogP) is 3.09. The van der Waals surface area contributed by atoms with Crippen LogP contribution in [0.2, 0.25) is 0 Å². The van der Waals surface area contributed by atoms with Crippen molar-refractivity contribution in [2.24, 2.45) is 5.92 Å². The maximum Gasteiger partial charge on any atom is 0.322 e. The summed E-state index contributed by atoms with van der Waals surface area (Å²) in [6.45, 7) is 4.47. The van der Waals surface area contributed by atoms with Gasteiger partial charge in [-0.1, -0.05) is 6.07 Å². The van der Waals surface area contributed by atoms with Crippen LogP contribution in [-0.4, -0.2) is 50.8 Å². The van der Waals surface area contributed by atoms with Crippen molar-refractivity contribution in [3.63, 3.8) is 0 Å². The number of carbonyl (C=O) groups excluding carboxylic acids is 1. The molecule has 1 saturated heterocycles. The van der Waals surface area contributed by atoms with Crippen molar-refractivity contribution in [3.05, 3.63) is 23.8 Å². The van der Waals surface area contributed by atoms with E-state index >= 15 is 0 Å². The summed E-state index contributed by atoms with van der Waals surface area (Å²) in [6.07, 6.45) is 3.31. The molecule has 23 heavy (non-hydrogen) atoms. The monoisotopic (exact) mass is 317 g/mol. The Labute approximate surface area is 138 Å². The van der Waals surface area contributed by atoms with Crippen molar-refractivity contribution < 1.29 is 9.53 Å². The molecule has 1 heterocycles. The van der Waals surface area contributed by atoms with E-state index < -0.39 is 0 Å². The number of nitrogens with one attached hydrogen (secondary N) is 1. The molecule has 0 radical (unpaired) electrons. The second-order valence-electron chi connectivity index (χ2n) is 6.89. The van der Waals surface area contributed by atoms with Crippen molar-refractivity contribution >= 4 is 17.4 Å². The molecule has 1 aliphatic carbocycles. The van der Waals surface area contributed by atoms with Gasteiger partial charge in [-0.05, 0) is 43.9 Å². The first-order valence-electron chi connectivity index (χ1n) is 8.48. The van der Waals surface area contributed by atoms with Crippen LogP contribution in [0.5, 0.6) is 0 Å². The summed E-state index contributed by atoms with van der Waals surface area (Å²) in [7, 11) is 4.04. The molecular formula is C18H27N3O2. The van der Waals surface area contributed by atoms with Gasteiger partial charge >= 0.3 is 6.03 Å². The van der Waals surface area contributed by atoms with E-state index in [1.165, 1.54) is 0 Å². The Morgan fingerprint density at radius 2 is 2.09 bits per heavy atom. The van der Waals surface area contributed by atoms with E-state index in [4.69, 9.17) is 4.74 Å². The molecule has 2 fully saturated rings. The van der Waals surface area contributed by atoms with Crippen LogP contribution in [-0.2, 0) is 4.74 Å². The van der Waals surface area contributed by atoms with Gasteiger partial charge in [0.1, 0.15) is 0 Å². The molecule has 126 valence electrons. The molecular weight excluding hydrogens is 290 g/mol. The van der Waals surface area contributed by atoms with Crippen LogP contribution in [0, 0.1) is 12.8 Å². The van der Waals surface area contributed by atoms with Gasteiger partial charge < -0.3 is 19.9 Å². The molecule has 0 aromatic heterocycles. The minimum atomic E-state index is 0.0263. The number of nitrogens with zero attached hydrogens (tertiary/aromatic N) is 2. The Morgan fingerprint density at radius 3 is 2.70 bits per heavy atom. The first-order valence-corrected chi connectivity index (χ1v) is 8.48. The van der Waals surface area contributed by atoms with Crippen LogP contribution in [0.1, 0.15) is 24.8 Å². The van der Waals surface area contributed by atoms with Gasteiger partial charge in [0.25, 0.3) is 0 Å². The number of benzene rings is 1. The Kier molecular flexibility index (Phi) is 4.76. The van der Waals surface area contributed by atoms with E-state index in [0.29, 0.717) is 12.0 Å². The molecule has 1 saturated carbocycles. The topological polar surface area (TPSA) is 44.8 Å². The average molecular weight is 317 g/mol. The van der Waals surface area contributed by atoms with Gasteiger partial charge in [-0.15, -0.1) is 0 Å². The molecule has 3 rings (SSSR count). The summed E-state index contributed by atoms with van der Waals surface area (Å²) < 4.78 is 5.45. The van der Waals surface area contributed by atoms with Crippen molar-refractivity contribution in [1.82, 2.24) is 4.90 Å². The zero-order valence-electron chi connectivity index (χ0n) is 14.3. The highest BCUT2D eigenvalue weighted by molar-refractivity contribution is 5.91. The van der Waals surface area contributed by atoms with Gasteiger partial charge in [0, 0.05) is 50.6 Å². The van der Waals surface area contributed by atoms with Gasteiger partial charge in [0.05, 0.1) is 6.61 Å². The van der Waals surface area contributed by atoms with Gasteiger partial charge in [-0.25, -0.2) is 4.79 Å². The van der Waals surface area contributed by atoms with E-state index in [1.54, 1.807) is 0 Å². The second-order valence-corrected chi connectivity index (χ2v) is 6.89. The number of amides is 2. The predicted molar refractivity (Wildman–Crippen MR) is 93.2 cm³/mol. The SMILES string of the molecule is Cc1c(NC(=O)N(C[C@@H]2CCOC2)C2CC2)cccc1N(C)C. The normalized spacial score (nSPS) is 20.4. The van der Waals surface area contributed by atoms with E-state index in [9.17, 15) is 4.79 Å². The zero-order chi connectivity index (χ0) is 16.4. The third-order valence-corrected chi connectivity index (χ3v) is 4.76. The number of carbonyl (C=O) groups is 1. The molecule has 0 unspecified atom stereocenters. The fourth-order valence-electron chi connectivity index (χ4n) is 3.22. The van der Waals surface area contributed by atoms with Crippen molar-refractivity contribution in [2.45, 2.75) is 32.2 Å². The lowest BCUT2D eigenvalue weighted by atomic mass is 10.1. The standard InChI is InChI=1S/C18H27N3O2/c1-13-16(5-4-6-17(13)20(2)3)19-18(22)21(15-7-8-15)11-14-9-10-23-12-14/h4-6,14-15H,7-12H2,1-3H3,(H,19,22)/t14-/m0/s1. The lowest BCUT2D eigenvalue weighted by molar-refractivity contribution is 0.167. The first-order chi connectivity index (χ1) is 11.1. The van der Waals surface area contributed by atoms with Gasteiger partial charge in [0.2, 0.25) is 0 Å². The summed E-state index contributed by atoms with van der Waals surface area (Å²) in [4.78, 5) is 16.9. The van der Waals surface area contributed by atoms with E-state index in [1.807, 2.05) is 31.1 Å². The number of urea groups is 1. The number of ether oxygens (including phenoxy) is 1. The molecule has 1 aliphatic heterocycles. The first kappa shape index (κ1) is 16.1. The molecule has 5 nitrogen and oxygen atoms in total. The third-order valence-electron chi connectivity index (χ3n) is 4.76. The van der Waals surface area contributed by atoms with Crippen molar-refractivity contribution in [3.8, 4) is 0 Å².